The van der Waals surface area contributed by atoms with Gasteiger partial charge < -0.3 is 5.32 Å². The molecule has 0 bridgehead atoms. The molecule has 6 heteroatoms. The number of amides is 1. The summed E-state index contributed by atoms with van der Waals surface area (Å²) in [6.07, 6.45) is 0.805. The van der Waals surface area contributed by atoms with Crippen LogP contribution in [0.15, 0.2) is 18.2 Å². The molecule has 18 heavy (non-hydrogen) atoms. The molecule has 0 saturated carbocycles. The highest BCUT2D eigenvalue weighted by molar-refractivity contribution is 9.09. The van der Waals surface area contributed by atoms with Crippen LogP contribution in [0.4, 0.5) is 5.69 Å². The summed E-state index contributed by atoms with van der Waals surface area (Å²) in [6, 6.07) is 4.29. The van der Waals surface area contributed by atoms with Crippen molar-refractivity contribution < 1.29 is 9.72 Å². The molecule has 98 valence electrons. The molecule has 0 radical (unpaired) electrons. The molecule has 1 aromatic rings. The molecule has 0 aromatic heterocycles. The largest absolute Gasteiger partial charge is 0.352 e. The van der Waals surface area contributed by atoms with Crippen LogP contribution in [0.1, 0.15) is 29.3 Å². The Morgan fingerprint density at radius 1 is 1.56 bits per heavy atom. The monoisotopic (exact) mass is 314 g/mol. The van der Waals surface area contributed by atoms with Crippen LogP contribution in [0.3, 0.4) is 0 Å². The molecule has 1 aromatic carbocycles. The highest BCUT2D eigenvalue weighted by Gasteiger charge is 2.14. The third-order valence-electron chi connectivity index (χ3n) is 2.50. The standard InChI is InChI=1S/C12H15BrN2O3/c1-8-3-4-10(15(17)18)7-11(8)12(16)14-6-5-9(2)13/h3-4,7,9H,5-6H2,1-2H3,(H,14,16). The Balaban J connectivity index is 2.78. The number of nitro groups is 1. The number of hydrogen-bond donors (Lipinski definition) is 1. The Morgan fingerprint density at radius 2 is 2.22 bits per heavy atom. The maximum Gasteiger partial charge on any atom is 0.270 e. The van der Waals surface area contributed by atoms with Crippen molar-refractivity contribution in [3.63, 3.8) is 0 Å². The number of nitro benzene ring substituents is 1. The van der Waals surface area contributed by atoms with Gasteiger partial charge in [0.15, 0.2) is 0 Å². The summed E-state index contributed by atoms with van der Waals surface area (Å²) in [5.74, 6) is -0.274. The Kier molecular flexibility index (Phi) is 5.27. The highest BCUT2D eigenvalue weighted by Crippen LogP contribution is 2.17. The Bertz CT molecular complexity index is 461. The molecule has 1 N–H and O–H groups in total. The summed E-state index contributed by atoms with van der Waals surface area (Å²) >= 11 is 3.39. The van der Waals surface area contributed by atoms with Crippen molar-refractivity contribution in [2.24, 2.45) is 0 Å². The van der Waals surface area contributed by atoms with Crippen molar-refractivity contribution in [3.05, 3.63) is 39.4 Å². The number of hydrogen-bond acceptors (Lipinski definition) is 3. The van der Waals surface area contributed by atoms with Gasteiger partial charge in [-0.05, 0) is 18.9 Å². The van der Waals surface area contributed by atoms with Crippen LogP contribution in [0.25, 0.3) is 0 Å². The Hall–Kier alpha value is -1.43. The summed E-state index contributed by atoms with van der Waals surface area (Å²) < 4.78 is 0. The van der Waals surface area contributed by atoms with Gasteiger partial charge in [-0.15, -0.1) is 0 Å². The highest BCUT2D eigenvalue weighted by atomic mass is 79.9. The SMILES string of the molecule is Cc1ccc([N+](=O)[O-])cc1C(=O)NCCC(C)Br. The molecule has 0 saturated heterocycles. The van der Waals surface area contributed by atoms with E-state index in [1.54, 1.807) is 13.0 Å². The van der Waals surface area contributed by atoms with Crippen molar-refractivity contribution in [1.82, 2.24) is 5.32 Å². The Labute approximate surface area is 114 Å². The van der Waals surface area contributed by atoms with Crippen LogP contribution in [0.2, 0.25) is 0 Å². The first-order chi connectivity index (χ1) is 8.41. The lowest BCUT2D eigenvalue weighted by Crippen LogP contribution is -2.26. The topological polar surface area (TPSA) is 72.2 Å². The summed E-state index contributed by atoms with van der Waals surface area (Å²) in [7, 11) is 0. The number of halogens is 1. The van der Waals surface area contributed by atoms with Gasteiger partial charge in [-0.2, -0.15) is 0 Å². The molecule has 0 aliphatic carbocycles. The third-order valence-corrected chi connectivity index (χ3v) is 2.96. The van der Waals surface area contributed by atoms with E-state index in [9.17, 15) is 14.9 Å². The normalized spacial score (nSPS) is 11.9. The molecule has 0 aliphatic rings. The minimum atomic E-state index is -0.503. The van der Waals surface area contributed by atoms with Crippen LogP contribution in [-0.4, -0.2) is 22.2 Å². The van der Waals surface area contributed by atoms with Gasteiger partial charge in [0, 0.05) is 29.1 Å². The minimum absolute atomic E-state index is 0.0698. The van der Waals surface area contributed by atoms with Gasteiger partial charge in [0.2, 0.25) is 0 Å². The summed E-state index contributed by atoms with van der Waals surface area (Å²) in [6.45, 7) is 4.28. The van der Waals surface area contributed by atoms with Crippen molar-refractivity contribution in [1.29, 1.82) is 0 Å². The van der Waals surface area contributed by atoms with E-state index < -0.39 is 4.92 Å². The predicted octanol–water partition coefficient (Wildman–Crippen LogP) is 2.81. The van der Waals surface area contributed by atoms with Crippen molar-refractivity contribution in [3.8, 4) is 0 Å². The van der Waals surface area contributed by atoms with Crippen molar-refractivity contribution in [2.45, 2.75) is 25.1 Å². The van der Waals surface area contributed by atoms with Crippen LogP contribution in [-0.2, 0) is 0 Å². The third kappa shape index (κ3) is 4.10. The average Bonchev–Trinajstić information content (AvgIpc) is 2.28. The number of nitrogens with zero attached hydrogens (tertiary/aromatic N) is 1. The quantitative estimate of drug-likeness (QED) is 0.516. The molecule has 1 amide bonds. The predicted molar refractivity (Wildman–Crippen MR) is 73.2 cm³/mol. The maximum atomic E-state index is 11.9. The molecule has 1 rings (SSSR count). The second kappa shape index (κ2) is 6.49. The molecule has 0 heterocycles. The smallest absolute Gasteiger partial charge is 0.270 e. The molecular formula is C12H15BrN2O3. The van der Waals surface area contributed by atoms with Gasteiger partial charge in [0.1, 0.15) is 0 Å². The zero-order valence-electron chi connectivity index (χ0n) is 10.3. The first kappa shape index (κ1) is 14.6. The average molecular weight is 315 g/mol. The fraction of sp³-hybridized carbons (Fsp3) is 0.417. The molecule has 0 aliphatic heterocycles. The number of rotatable bonds is 5. The van der Waals surface area contributed by atoms with Gasteiger partial charge in [-0.3, -0.25) is 14.9 Å². The fourth-order valence-corrected chi connectivity index (χ4v) is 1.68. The summed E-state index contributed by atoms with van der Waals surface area (Å²) in [5, 5.41) is 13.4. The lowest BCUT2D eigenvalue weighted by Gasteiger charge is -2.08. The number of carbonyl (C=O) groups excluding carboxylic acids is 1. The number of carbonyl (C=O) groups is 1. The second-order valence-electron chi connectivity index (χ2n) is 4.08. The zero-order chi connectivity index (χ0) is 13.7. The van der Waals surface area contributed by atoms with E-state index in [2.05, 4.69) is 21.2 Å². The van der Waals surface area contributed by atoms with Crippen LogP contribution in [0.5, 0.6) is 0 Å². The molecule has 5 nitrogen and oxygen atoms in total. The van der Waals surface area contributed by atoms with Crippen molar-refractivity contribution >= 4 is 27.5 Å². The van der Waals surface area contributed by atoms with E-state index >= 15 is 0 Å². The first-order valence-electron chi connectivity index (χ1n) is 5.59. The zero-order valence-corrected chi connectivity index (χ0v) is 11.9. The molecular weight excluding hydrogens is 300 g/mol. The molecule has 1 atom stereocenters. The minimum Gasteiger partial charge on any atom is -0.352 e. The number of alkyl halides is 1. The maximum absolute atomic E-state index is 11.9. The fourth-order valence-electron chi connectivity index (χ4n) is 1.45. The van der Waals surface area contributed by atoms with E-state index in [1.807, 2.05) is 6.92 Å². The molecule has 1 unspecified atom stereocenters. The van der Waals surface area contributed by atoms with Gasteiger partial charge in [0.05, 0.1) is 4.92 Å². The summed E-state index contributed by atoms with van der Waals surface area (Å²) in [5.41, 5.74) is 1.01. The molecule has 0 spiro atoms. The number of benzene rings is 1. The summed E-state index contributed by atoms with van der Waals surface area (Å²) in [4.78, 5) is 22.4. The van der Waals surface area contributed by atoms with Gasteiger partial charge in [-0.25, -0.2) is 0 Å². The lowest BCUT2D eigenvalue weighted by atomic mass is 10.1. The van der Waals surface area contributed by atoms with Crippen LogP contribution >= 0.6 is 15.9 Å². The van der Waals surface area contributed by atoms with Gasteiger partial charge in [-0.1, -0.05) is 28.9 Å². The number of non-ortho nitro benzene ring substituents is 1. The lowest BCUT2D eigenvalue weighted by molar-refractivity contribution is -0.384. The Morgan fingerprint density at radius 3 is 2.78 bits per heavy atom. The van der Waals surface area contributed by atoms with Gasteiger partial charge in [0.25, 0.3) is 11.6 Å². The molecule has 0 fully saturated rings. The van der Waals surface area contributed by atoms with E-state index in [4.69, 9.17) is 0 Å². The van der Waals surface area contributed by atoms with Crippen LogP contribution < -0.4 is 5.32 Å². The first-order valence-corrected chi connectivity index (χ1v) is 6.50. The van der Waals surface area contributed by atoms with Crippen LogP contribution in [0, 0.1) is 17.0 Å². The number of nitrogens with one attached hydrogen (secondary N) is 1. The van der Waals surface area contributed by atoms with E-state index in [0.717, 1.165) is 12.0 Å². The second-order valence-corrected chi connectivity index (χ2v) is 5.64. The van der Waals surface area contributed by atoms with Gasteiger partial charge >= 0.3 is 0 Å². The van der Waals surface area contributed by atoms with Crippen molar-refractivity contribution in [2.75, 3.05) is 6.54 Å². The van der Waals surface area contributed by atoms with E-state index in [0.29, 0.717) is 16.9 Å². The van der Waals surface area contributed by atoms with E-state index in [-0.39, 0.29) is 11.6 Å². The van der Waals surface area contributed by atoms with E-state index in [1.165, 1.54) is 12.1 Å². The number of aryl methyl sites for hydroxylation is 1.